The molecule has 5 nitrogen and oxygen atoms in total. The fourth-order valence-electron chi connectivity index (χ4n) is 3.42. The van der Waals surface area contributed by atoms with Gasteiger partial charge in [0.1, 0.15) is 18.5 Å². The number of aromatic nitrogens is 1. The van der Waals surface area contributed by atoms with Crippen LogP contribution < -0.4 is 10.1 Å². The molecule has 4 rings (SSSR count). The number of H-pyrrole nitrogens is 1. The summed E-state index contributed by atoms with van der Waals surface area (Å²) >= 11 is 0. The standard InChI is InChI=1S/C19H23N3O2/c23-14(12-22-10-8-20-9-11-22)13-24-18-7-3-6-17-19(18)15-4-1-2-5-16(15)21-17/h1-7,14,20-21,23H,8-13H2. The first-order chi connectivity index (χ1) is 11.8. The third kappa shape index (κ3) is 3.11. The zero-order valence-electron chi connectivity index (χ0n) is 13.7. The zero-order valence-corrected chi connectivity index (χ0v) is 13.7. The Morgan fingerprint density at radius 2 is 1.83 bits per heavy atom. The van der Waals surface area contributed by atoms with Crippen LogP contribution in [0, 0.1) is 0 Å². The van der Waals surface area contributed by atoms with Crippen molar-refractivity contribution in [1.29, 1.82) is 0 Å². The van der Waals surface area contributed by atoms with Crippen LogP contribution in [-0.4, -0.2) is 60.4 Å². The van der Waals surface area contributed by atoms with Gasteiger partial charge in [0.2, 0.25) is 0 Å². The van der Waals surface area contributed by atoms with Gasteiger partial charge in [-0.3, -0.25) is 4.90 Å². The van der Waals surface area contributed by atoms with E-state index in [9.17, 15) is 5.11 Å². The molecule has 3 N–H and O–H groups in total. The van der Waals surface area contributed by atoms with Crippen molar-refractivity contribution in [3.8, 4) is 5.75 Å². The fourth-order valence-corrected chi connectivity index (χ4v) is 3.42. The molecule has 1 fully saturated rings. The molecule has 0 spiro atoms. The molecular weight excluding hydrogens is 302 g/mol. The van der Waals surface area contributed by atoms with Crippen LogP contribution >= 0.6 is 0 Å². The summed E-state index contributed by atoms with van der Waals surface area (Å²) in [7, 11) is 0. The van der Waals surface area contributed by atoms with E-state index < -0.39 is 6.10 Å². The predicted molar refractivity (Wildman–Crippen MR) is 96.6 cm³/mol. The number of aromatic amines is 1. The first-order valence-electron chi connectivity index (χ1n) is 8.54. The monoisotopic (exact) mass is 325 g/mol. The maximum absolute atomic E-state index is 10.3. The molecule has 1 atom stereocenters. The molecule has 0 saturated carbocycles. The summed E-state index contributed by atoms with van der Waals surface area (Å²) in [6, 6.07) is 14.2. The summed E-state index contributed by atoms with van der Waals surface area (Å²) in [5.74, 6) is 0.823. The molecule has 24 heavy (non-hydrogen) atoms. The van der Waals surface area contributed by atoms with Crippen molar-refractivity contribution < 1.29 is 9.84 Å². The molecule has 0 amide bonds. The molecule has 126 valence electrons. The van der Waals surface area contributed by atoms with Crippen molar-refractivity contribution in [2.45, 2.75) is 6.10 Å². The van der Waals surface area contributed by atoms with Crippen LogP contribution in [0.1, 0.15) is 0 Å². The number of piperazine rings is 1. The van der Waals surface area contributed by atoms with Crippen LogP contribution in [0.2, 0.25) is 0 Å². The number of ether oxygens (including phenoxy) is 1. The van der Waals surface area contributed by atoms with E-state index >= 15 is 0 Å². The molecule has 1 aromatic heterocycles. The van der Waals surface area contributed by atoms with Crippen LogP contribution in [0.5, 0.6) is 5.75 Å². The molecule has 5 heteroatoms. The third-order valence-corrected chi connectivity index (χ3v) is 4.60. The number of nitrogens with zero attached hydrogens (tertiary/aromatic N) is 1. The first kappa shape index (κ1) is 15.4. The quantitative estimate of drug-likeness (QED) is 0.671. The Morgan fingerprint density at radius 3 is 2.71 bits per heavy atom. The maximum atomic E-state index is 10.3. The molecule has 1 unspecified atom stereocenters. The van der Waals surface area contributed by atoms with Crippen molar-refractivity contribution >= 4 is 21.8 Å². The lowest BCUT2D eigenvalue weighted by Gasteiger charge is -2.29. The minimum atomic E-state index is -0.483. The summed E-state index contributed by atoms with van der Waals surface area (Å²) in [6.45, 7) is 4.91. The first-order valence-corrected chi connectivity index (χ1v) is 8.54. The number of hydrogen-bond acceptors (Lipinski definition) is 4. The highest BCUT2D eigenvalue weighted by molar-refractivity contribution is 6.10. The lowest BCUT2D eigenvalue weighted by molar-refractivity contribution is 0.0646. The Morgan fingerprint density at radius 1 is 1.04 bits per heavy atom. The molecule has 1 saturated heterocycles. The minimum absolute atomic E-state index is 0.308. The smallest absolute Gasteiger partial charge is 0.129 e. The van der Waals surface area contributed by atoms with Gasteiger partial charge in [0, 0.05) is 49.0 Å². The van der Waals surface area contributed by atoms with E-state index in [-0.39, 0.29) is 0 Å². The van der Waals surface area contributed by atoms with E-state index in [1.807, 2.05) is 24.3 Å². The van der Waals surface area contributed by atoms with Crippen LogP contribution in [0.25, 0.3) is 21.8 Å². The number of fused-ring (bicyclic) bond motifs is 3. The molecule has 0 aliphatic carbocycles. The largest absolute Gasteiger partial charge is 0.490 e. The summed E-state index contributed by atoms with van der Waals surface area (Å²) < 4.78 is 5.98. The summed E-state index contributed by atoms with van der Waals surface area (Å²) in [4.78, 5) is 5.69. The fraction of sp³-hybridized carbons (Fsp3) is 0.368. The van der Waals surface area contributed by atoms with Crippen molar-refractivity contribution in [3.05, 3.63) is 42.5 Å². The molecule has 2 aromatic carbocycles. The van der Waals surface area contributed by atoms with Gasteiger partial charge in [-0.05, 0) is 18.2 Å². The number of nitrogens with one attached hydrogen (secondary N) is 2. The molecule has 1 aliphatic heterocycles. The summed E-state index contributed by atoms with van der Waals surface area (Å²) in [5.41, 5.74) is 2.16. The van der Waals surface area contributed by atoms with Crippen molar-refractivity contribution in [2.75, 3.05) is 39.3 Å². The highest BCUT2D eigenvalue weighted by atomic mass is 16.5. The number of benzene rings is 2. The van der Waals surface area contributed by atoms with Crippen LogP contribution in [0.3, 0.4) is 0 Å². The number of para-hydroxylation sites is 1. The average molecular weight is 325 g/mol. The molecule has 1 aliphatic rings. The van der Waals surface area contributed by atoms with Gasteiger partial charge in [-0.25, -0.2) is 0 Å². The molecule has 0 bridgehead atoms. The van der Waals surface area contributed by atoms with E-state index in [1.54, 1.807) is 0 Å². The molecule has 3 aromatic rings. The number of hydrogen-bond donors (Lipinski definition) is 3. The third-order valence-electron chi connectivity index (χ3n) is 4.60. The topological polar surface area (TPSA) is 60.5 Å². The minimum Gasteiger partial charge on any atom is -0.490 e. The van der Waals surface area contributed by atoms with Gasteiger partial charge in [0.05, 0.1) is 5.52 Å². The lowest BCUT2D eigenvalue weighted by atomic mass is 10.1. The normalized spacial score (nSPS) is 17.4. The summed E-state index contributed by atoms with van der Waals surface area (Å²) in [5, 5.41) is 15.9. The van der Waals surface area contributed by atoms with E-state index in [1.165, 1.54) is 0 Å². The van der Waals surface area contributed by atoms with E-state index in [2.05, 4.69) is 33.4 Å². The van der Waals surface area contributed by atoms with Crippen LogP contribution in [0.4, 0.5) is 0 Å². The zero-order chi connectivity index (χ0) is 16.4. The Hall–Kier alpha value is -2.08. The van der Waals surface area contributed by atoms with E-state index in [0.29, 0.717) is 13.2 Å². The highest BCUT2D eigenvalue weighted by Crippen LogP contribution is 2.32. The van der Waals surface area contributed by atoms with Gasteiger partial charge in [-0.1, -0.05) is 24.3 Å². The number of aliphatic hydroxyl groups excluding tert-OH is 1. The molecular formula is C19H23N3O2. The van der Waals surface area contributed by atoms with Crippen LogP contribution in [-0.2, 0) is 0 Å². The number of aliphatic hydroxyl groups is 1. The van der Waals surface area contributed by atoms with Gasteiger partial charge in [0.15, 0.2) is 0 Å². The Kier molecular flexibility index (Phi) is 4.38. The Bertz CT molecular complexity index is 824. The number of rotatable bonds is 5. The average Bonchev–Trinajstić information content (AvgIpc) is 3.00. The van der Waals surface area contributed by atoms with Crippen molar-refractivity contribution in [1.82, 2.24) is 15.2 Å². The van der Waals surface area contributed by atoms with Gasteiger partial charge < -0.3 is 20.1 Å². The summed E-state index contributed by atoms with van der Waals surface area (Å²) in [6.07, 6.45) is -0.483. The van der Waals surface area contributed by atoms with Crippen LogP contribution in [0.15, 0.2) is 42.5 Å². The van der Waals surface area contributed by atoms with Gasteiger partial charge in [0.25, 0.3) is 0 Å². The van der Waals surface area contributed by atoms with Crippen molar-refractivity contribution in [2.24, 2.45) is 0 Å². The lowest BCUT2D eigenvalue weighted by Crippen LogP contribution is -2.47. The SMILES string of the molecule is OC(COc1cccc2[nH]c3ccccc3c12)CN1CCNCC1. The van der Waals surface area contributed by atoms with Gasteiger partial charge in [-0.2, -0.15) is 0 Å². The van der Waals surface area contributed by atoms with Crippen molar-refractivity contribution in [3.63, 3.8) is 0 Å². The predicted octanol–water partition coefficient (Wildman–Crippen LogP) is 1.97. The second-order valence-electron chi connectivity index (χ2n) is 6.36. The van der Waals surface area contributed by atoms with E-state index in [0.717, 1.165) is 53.7 Å². The second-order valence-corrected chi connectivity index (χ2v) is 6.36. The van der Waals surface area contributed by atoms with Gasteiger partial charge >= 0.3 is 0 Å². The van der Waals surface area contributed by atoms with E-state index in [4.69, 9.17) is 4.74 Å². The highest BCUT2D eigenvalue weighted by Gasteiger charge is 2.16. The molecule has 2 heterocycles. The van der Waals surface area contributed by atoms with Gasteiger partial charge in [-0.15, -0.1) is 0 Å². The Balaban J connectivity index is 1.50. The Labute approximate surface area is 141 Å². The molecule has 0 radical (unpaired) electrons. The second kappa shape index (κ2) is 6.81. The number of β-amino-alcohol motifs (C(OH)–C–C–N with tert-alkyl or cyclic N) is 1. The maximum Gasteiger partial charge on any atom is 0.129 e.